The molecule has 0 saturated heterocycles. The molecule has 0 spiro atoms. The van der Waals surface area contributed by atoms with Gasteiger partial charge in [-0.1, -0.05) is 37.5 Å². The van der Waals surface area contributed by atoms with Crippen molar-refractivity contribution >= 4 is 29.1 Å². The predicted octanol–water partition coefficient (Wildman–Crippen LogP) is 2.96. The Morgan fingerprint density at radius 2 is 1.91 bits per heavy atom. The monoisotopic (exact) mass is 616 g/mol. The topological polar surface area (TPSA) is 156 Å². The minimum Gasteiger partial charge on any atom is -0.493 e. The number of ether oxygens (including phenoxy) is 2. The molecule has 0 unspecified atom stereocenters. The van der Waals surface area contributed by atoms with Gasteiger partial charge < -0.3 is 34.3 Å². The number of nitrogens with one attached hydrogen (secondary N) is 1. The van der Waals surface area contributed by atoms with E-state index in [1.54, 1.807) is 36.4 Å². The first-order valence-corrected chi connectivity index (χ1v) is 15.3. The number of aldehydes is 1. The maximum atomic E-state index is 14.4. The number of para-hydroxylation sites is 1. The highest BCUT2D eigenvalue weighted by Gasteiger charge is 2.52. The second-order valence-electron chi connectivity index (χ2n) is 11.8. The van der Waals surface area contributed by atoms with E-state index in [9.17, 15) is 29.4 Å². The van der Waals surface area contributed by atoms with E-state index in [0.29, 0.717) is 34.1 Å². The molecule has 4 atom stereocenters. The third-order valence-corrected chi connectivity index (χ3v) is 9.08. The van der Waals surface area contributed by atoms with Crippen molar-refractivity contribution in [3.8, 4) is 11.5 Å². The van der Waals surface area contributed by atoms with Crippen LogP contribution in [0.25, 0.3) is 11.0 Å². The third kappa shape index (κ3) is 5.73. The van der Waals surface area contributed by atoms with E-state index >= 15 is 0 Å². The van der Waals surface area contributed by atoms with Gasteiger partial charge in [-0.05, 0) is 49.1 Å². The molecule has 2 aromatic carbocycles. The maximum absolute atomic E-state index is 14.4. The summed E-state index contributed by atoms with van der Waals surface area (Å²) in [6, 6.07) is 10.5. The zero-order chi connectivity index (χ0) is 31.7. The molecule has 11 nitrogen and oxygen atoms in total. The number of fused-ring (bicyclic) bond motifs is 4. The van der Waals surface area contributed by atoms with E-state index in [1.807, 2.05) is 0 Å². The number of nitrogens with zero attached hydrogens (tertiary/aromatic N) is 1. The lowest BCUT2D eigenvalue weighted by Crippen LogP contribution is -2.57. The smallest absolute Gasteiger partial charge is 0.349 e. The third-order valence-electron chi connectivity index (χ3n) is 9.08. The van der Waals surface area contributed by atoms with Crippen LogP contribution in [0.5, 0.6) is 11.5 Å². The van der Waals surface area contributed by atoms with Crippen LogP contribution < -0.4 is 20.4 Å². The van der Waals surface area contributed by atoms with Gasteiger partial charge in [-0.3, -0.25) is 14.4 Å². The minimum atomic E-state index is -1.32. The first-order chi connectivity index (χ1) is 21.8. The van der Waals surface area contributed by atoms with Crippen molar-refractivity contribution < 1.29 is 38.5 Å². The second-order valence-corrected chi connectivity index (χ2v) is 11.8. The highest BCUT2D eigenvalue weighted by Crippen LogP contribution is 2.51. The molecule has 3 aromatic rings. The Balaban J connectivity index is 1.47. The Hall–Kier alpha value is -4.48. The van der Waals surface area contributed by atoms with Crippen LogP contribution in [0.1, 0.15) is 64.3 Å². The van der Waals surface area contributed by atoms with Crippen molar-refractivity contribution in [2.45, 2.75) is 56.3 Å². The predicted molar refractivity (Wildman–Crippen MR) is 164 cm³/mol. The second kappa shape index (κ2) is 12.9. The molecule has 3 N–H and O–H groups in total. The fourth-order valence-corrected chi connectivity index (χ4v) is 6.91. The molecule has 0 radical (unpaired) electrons. The number of aliphatic hydroxyl groups is 2. The van der Waals surface area contributed by atoms with Crippen molar-refractivity contribution in [1.29, 1.82) is 0 Å². The number of aliphatic hydroxyl groups excluding tert-OH is 2. The summed E-state index contributed by atoms with van der Waals surface area (Å²) in [6.07, 6.45) is 4.75. The molecule has 1 saturated carbocycles. The van der Waals surface area contributed by atoms with Crippen LogP contribution in [-0.4, -0.2) is 78.3 Å². The Bertz CT molecular complexity index is 1710. The molecule has 1 aliphatic heterocycles. The summed E-state index contributed by atoms with van der Waals surface area (Å²) in [5.74, 6) is -1.25. The lowest BCUT2D eigenvalue weighted by Gasteiger charge is -2.42. The molecule has 1 aromatic heterocycles. The fraction of sp³-hybridized carbons (Fsp3) is 0.412. The van der Waals surface area contributed by atoms with Crippen LogP contribution in [-0.2, 0) is 4.79 Å². The molecule has 45 heavy (non-hydrogen) atoms. The highest BCUT2D eigenvalue weighted by atomic mass is 16.5. The highest BCUT2D eigenvalue weighted by molar-refractivity contribution is 5.99. The summed E-state index contributed by atoms with van der Waals surface area (Å²) in [5, 5.41) is 24.6. The van der Waals surface area contributed by atoms with Gasteiger partial charge in [-0.2, -0.15) is 0 Å². The fourth-order valence-electron chi connectivity index (χ4n) is 6.91. The number of amides is 2. The van der Waals surface area contributed by atoms with Crippen molar-refractivity contribution in [3.05, 3.63) is 81.2 Å². The number of benzene rings is 2. The number of carbonyl (C=O) groups excluding carboxylic acids is 3. The van der Waals surface area contributed by atoms with E-state index in [4.69, 9.17) is 13.9 Å². The molecule has 2 heterocycles. The van der Waals surface area contributed by atoms with Gasteiger partial charge in [0.25, 0.3) is 5.91 Å². The first kappa shape index (κ1) is 30.5. The summed E-state index contributed by atoms with van der Waals surface area (Å²) >= 11 is 0. The summed E-state index contributed by atoms with van der Waals surface area (Å²) in [5.41, 5.74) is 0.382. The zero-order valence-corrected chi connectivity index (χ0v) is 24.9. The van der Waals surface area contributed by atoms with Crippen LogP contribution in [0.4, 0.5) is 0 Å². The Morgan fingerprint density at radius 1 is 1.13 bits per heavy atom. The molecule has 236 valence electrons. The van der Waals surface area contributed by atoms with Crippen LogP contribution >= 0.6 is 0 Å². The number of methoxy groups -OCH3 is 1. The molecular weight excluding hydrogens is 580 g/mol. The summed E-state index contributed by atoms with van der Waals surface area (Å²) < 4.78 is 17.3. The van der Waals surface area contributed by atoms with Gasteiger partial charge >= 0.3 is 5.63 Å². The normalized spacial score (nSPS) is 22.5. The summed E-state index contributed by atoms with van der Waals surface area (Å²) in [4.78, 5) is 54.4. The van der Waals surface area contributed by atoms with Crippen LogP contribution in [0.3, 0.4) is 0 Å². The standard InChI is InChI=1S/C34H36N2O9/c1-43-27-14-20(18-38)13-22-28-23(32(40)35-11-12-37)16-25(29(39)31(28)45-30(22)27)36(17-19-7-3-2-4-8-19)33(41)24-15-21-9-5-6-10-26(21)44-34(24)42/h5-6,9-10,13-16,18-19,25,28-29,31,37,39H,2-4,7-8,11-12,17H2,1H3,(H,35,40)/t25-,28+,29+,31+/m1/s1. The first-order valence-electron chi connectivity index (χ1n) is 15.3. The largest absolute Gasteiger partial charge is 0.493 e. The number of rotatable bonds is 9. The molecular formula is C34H36N2O9. The van der Waals surface area contributed by atoms with Gasteiger partial charge in [0.15, 0.2) is 11.5 Å². The van der Waals surface area contributed by atoms with Gasteiger partial charge in [0.2, 0.25) is 5.91 Å². The SMILES string of the molecule is COc1cc(C=O)cc2c1O[C@@H]1[C@@H](O)[C@H](N(CC3CCCCC3)C(=O)c3cc4ccccc4oc3=O)C=C(C(=O)NCCO)[C@H]21. The Labute approximate surface area is 259 Å². The van der Waals surface area contributed by atoms with Crippen LogP contribution in [0.2, 0.25) is 0 Å². The summed E-state index contributed by atoms with van der Waals surface area (Å²) in [7, 11) is 1.43. The van der Waals surface area contributed by atoms with Gasteiger partial charge in [0.05, 0.1) is 25.7 Å². The van der Waals surface area contributed by atoms with Gasteiger partial charge in [-0.25, -0.2) is 4.79 Å². The molecule has 2 aliphatic carbocycles. The lowest BCUT2D eigenvalue weighted by atomic mass is 9.76. The van der Waals surface area contributed by atoms with E-state index in [2.05, 4.69) is 5.32 Å². The van der Waals surface area contributed by atoms with Crippen LogP contribution in [0, 0.1) is 5.92 Å². The average Bonchev–Trinajstić information content (AvgIpc) is 3.46. The number of carbonyl (C=O) groups is 3. The number of hydrogen-bond acceptors (Lipinski definition) is 9. The average molecular weight is 617 g/mol. The number of hydrogen-bond donors (Lipinski definition) is 3. The van der Waals surface area contributed by atoms with Gasteiger partial charge in [-0.15, -0.1) is 0 Å². The van der Waals surface area contributed by atoms with E-state index in [1.165, 1.54) is 24.1 Å². The van der Waals surface area contributed by atoms with Crippen LogP contribution in [0.15, 0.2) is 63.3 Å². The van der Waals surface area contributed by atoms with E-state index in [0.717, 1.165) is 32.1 Å². The van der Waals surface area contributed by atoms with Crippen molar-refractivity contribution in [2.24, 2.45) is 5.92 Å². The zero-order valence-electron chi connectivity index (χ0n) is 24.9. The van der Waals surface area contributed by atoms with E-state index in [-0.39, 0.29) is 42.5 Å². The lowest BCUT2D eigenvalue weighted by molar-refractivity contribution is -0.118. The van der Waals surface area contributed by atoms with Crippen molar-refractivity contribution in [2.75, 3.05) is 26.8 Å². The maximum Gasteiger partial charge on any atom is 0.349 e. The Morgan fingerprint density at radius 3 is 2.64 bits per heavy atom. The quantitative estimate of drug-likeness (QED) is 0.243. The minimum absolute atomic E-state index is 0.0188. The summed E-state index contributed by atoms with van der Waals surface area (Å²) in [6.45, 7) is -0.0632. The molecule has 2 amide bonds. The van der Waals surface area contributed by atoms with Gasteiger partial charge in [0.1, 0.15) is 29.6 Å². The van der Waals surface area contributed by atoms with Crippen molar-refractivity contribution in [1.82, 2.24) is 10.2 Å². The molecule has 6 rings (SSSR count). The molecule has 11 heteroatoms. The van der Waals surface area contributed by atoms with Gasteiger partial charge in [0, 0.05) is 35.2 Å². The van der Waals surface area contributed by atoms with E-state index < -0.39 is 41.6 Å². The molecule has 3 aliphatic rings. The molecule has 0 bridgehead atoms. The molecule has 1 fully saturated rings. The van der Waals surface area contributed by atoms with Crippen molar-refractivity contribution in [3.63, 3.8) is 0 Å². The Kier molecular flexibility index (Phi) is 8.73.